The van der Waals surface area contributed by atoms with E-state index < -0.39 is 0 Å². The molecule has 0 atom stereocenters. The Bertz CT molecular complexity index is 568. The highest BCUT2D eigenvalue weighted by atomic mass is 35.5. The van der Waals surface area contributed by atoms with Crippen LogP contribution in [-0.4, -0.2) is 38.0 Å². The lowest BCUT2D eigenvalue weighted by molar-refractivity contribution is 0.0768. The highest BCUT2D eigenvalue weighted by Crippen LogP contribution is 2.23. The van der Waals surface area contributed by atoms with Crippen LogP contribution < -0.4 is 5.32 Å². The van der Waals surface area contributed by atoms with E-state index in [4.69, 9.17) is 4.42 Å². The minimum absolute atomic E-state index is 0. The van der Waals surface area contributed by atoms with Gasteiger partial charge in [-0.15, -0.1) is 12.4 Å². The second-order valence-corrected chi connectivity index (χ2v) is 4.92. The number of halogens is 1. The van der Waals surface area contributed by atoms with Gasteiger partial charge in [0.1, 0.15) is 5.58 Å². The van der Waals surface area contributed by atoms with E-state index in [1.807, 2.05) is 26.1 Å². The Kier molecular flexibility index (Phi) is 5.60. The topological polar surface area (TPSA) is 45.5 Å². The van der Waals surface area contributed by atoms with E-state index in [0.717, 1.165) is 17.5 Å². The first-order valence-corrected chi connectivity index (χ1v) is 6.44. The number of likely N-dealkylation sites (N-methyl/N-ethyl adjacent to an activating group) is 2. The molecular weight excluding hydrogens is 276 g/mol. The predicted octanol–water partition coefficient (Wildman–Crippen LogP) is 2.76. The molecule has 0 bridgehead atoms. The molecule has 5 heteroatoms. The van der Waals surface area contributed by atoms with Crippen molar-refractivity contribution in [2.75, 3.05) is 27.2 Å². The largest absolute Gasteiger partial charge is 0.451 e. The number of nitrogens with zero attached hydrogens (tertiary/aromatic N) is 1. The zero-order chi connectivity index (χ0) is 14.0. The maximum absolute atomic E-state index is 12.2. The minimum Gasteiger partial charge on any atom is -0.451 e. The molecule has 2 aromatic rings. The van der Waals surface area contributed by atoms with Crippen molar-refractivity contribution in [3.8, 4) is 0 Å². The molecule has 0 saturated carbocycles. The Morgan fingerprint density at radius 2 is 1.90 bits per heavy atom. The van der Waals surface area contributed by atoms with Crippen LogP contribution in [0.15, 0.2) is 22.6 Å². The van der Waals surface area contributed by atoms with E-state index in [0.29, 0.717) is 12.3 Å². The number of furan rings is 1. The number of amides is 1. The first-order valence-electron chi connectivity index (χ1n) is 6.44. The maximum Gasteiger partial charge on any atom is 0.289 e. The van der Waals surface area contributed by atoms with Gasteiger partial charge in [0.05, 0.1) is 0 Å². The summed E-state index contributed by atoms with van der Waals surface area (Å²) >= 11 is 0. The van der Waals surface area contributed by atoms with Crippen LogP contribution in [0.5, 0.6) is 0 Å². The molecule has 1 N–H and O–H groups in total. The van der Waals surface area contributed by atoms with Crippen LogP contribution in [0.2, 0.25) is 0 Å². The van der Waals surface area contributed by atoms with Crippen molar-refractivity contribution in [2.45, 2.75) is 13.8 Å². The number of nitrogens with one attached hydrogen (secondary N) is 1. The fourth-order valence-electron chi connectivity index (χ4n) is 1.98. The molecule has 0 aliphatic rings. The van der Waals surface area contributed by atoms with E-state index in [2.05, 4.69) is 18.3 Å². The van der Waals surface area contributed by atoms with Crippen LogP contribution >= 0.6 is 12.4 Å². The van der Waals surface area contributed by atoms with E-state index in [1.54, 1.807) is 11.9 Å². The molecule has 20 heavy (non-hydrogen) atoms. The Hall–Kier alpha value is -1.52. The molecule has 110 valence electrons. The van der Waals surface area contributed by atoms with Crippen molar-refractivity contribution in [3.05, 3.63) is 35.1 Å². The lowest BCUT2D eigenvalue weighted by Crippen LogP contribution is -2.32. The molecule has 4 nitrogen and oxygen atoms in total. The molecular formula is C15H21ClN2O2. The summed E-state index contributed by atoms with van der Waals surface area (Å²) in [4.78, 5) is 13.9. The normalized spacial score (nSPS) is 10.4. The van der Waals surface area contributed by atoms with Crippen molar-refractivity contribution in [1.82, 2.24) is 10.2 Å². The Balaban J connectivity index is 0.00000200. The Labute approximate surface area is 125 Å². The second-order valence-electron chi connectivity index (χ2n) is 4.92. The van der Waals surface area contributed by atoms with Gasteiger partial charge in [0, 0.05) is 25.5 Å². The number of hydrogen-bond acceptors (Lipinski definition) is 3. The van der Waals surface area contributed by atoms with E-state index >= 15 is 0 Å². The van der Waals surface area contributed by atoms with Gasteiger partial charge < -0.3 is 14.6 Å². The standard InChI is InChI=1S/C15H20N2O2.ClH/c1-10-7-12-9-14(19-13(12)8-11(10)2)15(18)17(4)6-5-16-3;/h7-9,16H,5-6H2,1-4H3;1H. The van der Waals surface area contributed by atoms with Crippen molar-refractivity contribution in [3.63, 3.8) is 0 Å². The number of hydrogen-bond donors (Lipinski definition) is 1. The van der Waals surface area contributed by atoms with Gasteiger partial charge >= 0.3 is 0 Å². The van der Waals surface area contributed by atoms with Gasteiger partial charge in [-0.25, -0.2) is 0 Å². The molecule has 0 radical (unpaired) electrons. The third-order valence-electron chi connectivity index (χ3n) is 3.39. The van der Waals surface area contributed by atoms with Crippen LogP contribution in [0.3, 0.4) is 0 Å². The molecule has 0 aliphatic heterocycles. The summed E-state index contributed by atoms with van der Waals surface area (Å²) in [5.74, 6) is 0.320. The summed E-state index contributed by atoms with van der Waals surface area (Å²) < 4.78 is 5.66. The number of aryl methyl sites for hydroxylation is 2. The van der Waals surface area contributed by atoms with Gasteiger partial charge in [-0.2, -0.15) is 0 Å². The lowest BCUT2D eigenvalue weighted by Gasteiger charge is -2.14. The van der Waals surface area contributed by atoms with Gasteiger partial charge in [-0.3, -0.25) is 4.79 Å². The molecule has 0 unspecified atom stereocenters. The van der Waals surface area contributed by atoms with Crippen molar-refractivity contribution in [1.29, 1.82) is 0 Å². The molecule has 0 saturated heterocycles. The van der Waals surface area contributed by atoms with Crippen LogP contribution in [0.1, 0.15) is 21.7 Å². The van der Waals surface area contributed by atoms with Crippen LogP contribution in [0, 0.1) is 13.8 Å². The van der Waals surface area contributed by atoms with Crippen molar-refractivity contribution < 1.29 is 9.21 Å². The van der Waals surface area contributed by atoms with Crippen LogP contribution in [0.25, 0.3) is 11.0 Å². The maximum atomic E-state index is 12.2. The van der Waals surface area contributed by atoms with Gasteiger partial charge in [0.15, 0.2) is 5.76 Å². The Morgan fingerprint density at radius 1 is 1.25 bits per heavy atom. The Morgan fingerprint density at radius 3 is 2.55 bits per heavy atom. The van der Waals surface area contributed by atoms with E-state index in [-0.39, 0.29) is 18.3 Å². The zero-order valence-electron chi connectivity index (χ0n) is 12.3. The monoisotopic (exact) mass is 296 g/mol. The lowest BCUT2D eigenvalue weighted by atomic mass is 10.1. The van der Waals surface area contributed by atoms with Gasteiger partial charge in [-0.1, -0.05) is 0 Å². The third kappa shape index (κ3) is 3.32. The smallest absolute Gasteiger partial charge is 0.289 e. The summed E-state index contributed by atoms with van der Waals surface area (Å²) in [7, 11) is 3.65. The highest BCUT2D eigenvalue weighted by molar-refractivity contribution is 5.96. The van der Waals surface area contributed by atoms with Gasteiger partial charge in [0.2, 0.25) is 0 Å². The fraction of sp³-hybridized carbons (Fsp3) is 0.400. The summed E-state index contributed by atoms with van der Waals surface area (Å²) in [6.45, 7) is 5.52. The number of fused-ring (bicyclic) bond motifs is 1. The average Bonchev–Trinajstić information content (AvgIpc) is 2.78. The molecule has 1 heterocycles. The molecule has 0 aliphatic carbocycles. The predicted molar refractivity (Wildman–Crippen MR) is 83.8 cm³/mol. The van der Waals surface area contributed by atoms with E-state index in [9.17, 15) is 4.79 Å². The first kappa shape index (κ1) is 16.5. The molecule has 1 amide bonds. The number of carbonyl (C=O) groups excluding carboxylic acids is 1. The molecule has 1 aromatic heterocycles. The SMILES string of the molecule is CNCCN(C)C(=O)c1cc2cc(C)c(C)cc2o1.Cl. The third-order valence-corrected chi connectivity index (χ3v) is 3.39. The average molecular weight is 297 g/mol. The zero-order valence-corrected chi connectivity index (χ0v) is 13.1. The number of rotatable bonds is 4. The van der Waals surface area contributed by atoms with Crippen LogP contribution in [-0.2, 0) is 0 Å². The highest BCUT2D eigenvalue weighted by Gasteiger charge is 2.16. The van der Waals surface area contributed by atoms with Gasteiger partial charge in [0.25, 0.3) is 5.91 Å². The first-order chi connectivity index (χ1) is 9.02. The molecule has 1 aromatic carbocycles. The van der Waals surface area contributed by atoms with Crippen LogP contribution in [0.4, 0.5) is 0 Å². The number of carbonyl (C=O) groups is 1. The van der Waals surface area contributed by atoms with Crippen molar-refractivity contribution in [2.24, 2.45) is 0 Å². The summed E-state index contributed by atoms with van der Waals surface area (Å²) in [6.07, 6.45) is 0. The van der Waals surface area contributed by atoms with Gasteiger partial charge in [-0.05, 0) is 50.2 Å². The summed E-state index contributed by atoms with van der Waals surface area (Å²) in [5.41, 5.74) is 3.15. The number of benzene rings is 1. The van der Waals surface area contributed by atoms with E-state index in [1.165, 1.54) is 11.1 Å². The molecule has 0 fully saturated rings. The fourth-order valence-corrected chi connectivity index (χ4v) is 1.98. The molecule has 0 spiro atoms. The minimum atomic E-state index is -0.0817. The van der Waals surface area contributed by atoms with Crippen molar-refractivity contribution >= 4 is 29.3 Å². The summed E-state index contributed by atoms with van der Waals surface area (Å²) in [6, 6.07) is 5.85. The molecule has 2 rings (SSSR count). The quantitative estimate of drug-likeness (QED) is 0.943. The summed E-state index contributed by atoms with van der Waals surface area (Å²) in [5, 5.41) is 4.00. The second kappa shape index (κ2) is 6.77.